The number of rotatable bonds is 7. The van der Waals surface area contributed by atoms with Gasteiger partial charge in [-0.15, -0.1) is 0 Å². The molecule has 134 valence electrons. The van der Waals surface area contributed by atoms with Crippen LogP contribution >= 0.6 is 0 Å². The maximum absolute atomic E-state index is 6.78. The Morgan fingerprint density at radius 2 is 1.83 bits per heavy atom. The van der Waals surface area contributed by atoms with Crippen LogP contribution < -0.4 is 0 Å². The molecule has 0 spiro atoms. The lowest BCUT2D eigenvalue weighted by atomic mass is 9.91. The van der Waals surface area contributed by atoms with Gasteiger partial charge in [0.05, 0.1) is 5.76 Å². The summed E-state index contributed by atoms with van der Waals surface area (Å²) in [7, 11) is -2.42. The lowest BCUT2D eigenvalue weighted by Crippen LogP contribution is -2.48. The molecule has 2 rings (SSSR count). The SMILES string of the molecule is C=C(C)C1C=C(O[Si](OC2=CCCC2)(C(C)C)C(C)C)C(C)=CC1. The molecule has 0 saturated heterocycles. The van der Waals surface area contributed by atoms with Crippen molar-refractivity contribution in [1.82, 2.24) is 0 Å². The second-order valence-electron chi connectivity index (χ2n) is 7.90. The molecule has 2 nitrogen and oxygen atoms in total. The maximum atomic E-state index is 6.78. The van der Waals surface area contributed by atoms with Gasteiger partial charge < -0.3 is 8.85 Å². The minimum absolute atomic E-state index is 0.375. The first-order valence-electron chi connectivity index (χ1n) is 9.37. The molecule has 0 N–H and O–H groups in total. The van der Waals surface area contributed by atoms with E-state index in [-0.39, 0.29) is 0 Å². The van der Waals surface area contributed by atoms with Crippen molar-refractivity contribution in [2.45, 2.75) is 78.3 Å². The minimum Gasteiger partial charge on any atom is -0.516 e. The van der Waals surface area contributed by atoms with E-state index in [4.69, 9.17) is 8.85 Å². The lowest BCUT2D eigenvalue weighted by Gasteiger charge is -2.39. The first kappa shape index (κ1) is 19.1. The summed E-state index contributed by atoms with van der Waals surface area (Å²) in [4.78, 5) is 0. The standard InChI is InChI=1S/C21H34O2Si/c1-15(2)19-13-12-18(7)21(14-19)23-24(16(3)4,17(5)6)22-20-10-8-9-11-20/h10,12,14,16-17,19H,1,8-9,11,13H2,2-7H3. The van der Waals surface area contributed by atoms with Crippen molar-refractivity contribution in [3.63, 3.8) is 0 Å². The van der Waals surface area contributed by atoms with Gasteiger partial charge >= 0.3 is 8.56 Å². The molecule has 0 amide bonds. The molecule has 0 aromatic carbocycles. The Morgan fingerprint density at radius 1 is 1.17 bits per heavy atom. The predicted octanol–water partition coefficient (Wildman–Crippen LogP) is 6.78. The maximum Gasteiger partial charge on any atom is 0.465 e. The van der Waals surface area contributed by atoms with E-state index in [1.807, 2.05) is 0 Å². The molecule has 0 aliphatic heterocycles. The molecule has 0 aromatic rings. The topological polar surface area (TPSA) is 18.5 Å². The molecule has 24 heavy (non-hydrogen) atoms. The third kappa shape index (κ3) is 4.05. The van der Waals surface area contributed by atoms with E-state index in [9.17, 15) is 0 Å². The first-order chi connectivity index (χ1) is 11.3. The van der Waals surface area contributed by atoms with Crippen LogP contribution in [0.15, 0.2) is 47.5 Å². The van der Waals surface area contributed by atoms with Crippen LogP contribution in [0, 0.1) is 5.92 Å². The number of hydrogen-bond donors (Lipinski definition) is 0. The van der Waals surface area contributed by atoms with Crippen LogP contribution in [0.2, 0.25) is 11.1 Å². The summed E-state index contributed by atoms with van der Waals surface area (Å²) >= 11 is 0. The van der Waals surface area contributed by atoms with Gasteiger partial charge in [0.15, 0.2) is 0 Å². The highest BCUT2D eigenvalue weighted by atomic mass is 28.4. The summed E-state index contributed by atoms with van der Waals surface area (Å²) in [6, 6.07) is 0. The van der Waals surface area contributed by atoms with Crippen molar-refractivity contribution < 1.29 is 8.85 Å². The Morgan fingerprint density at radius 3 is 2.33 bits per heavy atom. The van der Waals surface area contributed by atoms with Crippen molar-refractivity contribution in [3.05, 3.63) is 47.5 Å². The second kappa shape index (κ2) is 7.77. The van der Waals surface area contributed by atoms with Gasteiger partial charge in [-0.2, -0.15) is 0 Å². The predicted molar refractivity (Wildman–Crippen MR) is 105 cm³/mol. The fraction of sp³-hybridized carbons (Fsp3) is 0.619. The van der Waals surface area contributed by atoms with E-state index in [0.717, 1.165) is 30.8 Å². The van der Waals surface area contributed by atoms with Gasteiger partial charge in [-0.05, 0) is 50.8 Å². The molecule has 0 bridgehead atoms. The quantitative estimate of drug-likeness (QED) is 0.374. The highest BCUT2D eigenvalue weighted by Gasteiger charge is 2.50. The summed E-state index contributed by atoms with van der Waals surface area (Å²) in [5, 5.41) is 0. The number of hydrogen-bond acceptors (Lipinski definition) is 2. The van der Waals surface area contributed by atoms with Crippen molar-refractivity contribution >= 4 is 8.56 Å². The minimum atomic E-state index is -2.42. The average Bonchev–Trinajstić information content (AvgIpc) is 3.00. The summed E-state index contributed by atoms with van der Waals surface area (Å²) in [6.07, 6.45) is 11.2. The molecule has 0 fully saturated rings. The molecule has 0 aromatic heterocycles. The molecule has 1 unspecified atom stereocenters. The lowest BCUT2D eigenvalue weighted by molar-refractivity contribution is 0.235. The first-order valence-corrected chi connectivity index (χ1v) is 11.3. The molecule has 0 radical (unpaired) electrons. The summed E-state index contributed by atoms with van der Waals surface area (Å²) in [6.45, 7) is 17.4. The summed E-state index contributed by atoms with van der Waals surface area (Å²) in [5.74, 6) is 2.54. The van der Waals surface area contributed by atoms with Gasteiger partial charge in [0.1, 0.15) is 5.76 Å². The van der Waals surface area contributed by atoms with Gasteiger partial charge in [0, 0.05) is 23.4 Å². The fourth-order valence-electron chi connectivity index (χ4n) is 3.51. The van der Waals surface area contributed by atoms with Crippen molar-refractivity contribution in [1.29, 1.82) is 0 Å². The van der Waals surface area contributed by atoms with Crippen LogP contribution in [0.5, 0.6) is 0 Å². The molecule has 0 saturated carbocycles. The largest absolute Gasteiger partial charge is 0.516 e. The highest BCUT2D eigenvalue weighted by Crippen LogP contribution is 2.41. The number of allylic oxidation sites excluding steroid dienone is 6. The Bertz CT molecular complexity index is 558. The average molecular weight is 347 g/mol. The van der Waals surface area contributed by atoms with Crippen molar-refractivity contribution in [2.24, 2.45) is 5.92 Å². The smallest absolute Gasteiger partial charge is 0.465 e. The van der Waals surface area contributed by atoms with Crippen molar-refractivity contribution in [2.75, 3.05) is 0 Å². The Labute approximate surface area is 149 Å². The normalized spacial score (nSPS) is 21.5. The molecule has 2 aliphatic rings. The molecule has 1 atom stereocenters. The van der Waals surface area contributed by atoms with Gasteiger partial charge in [-0.1, -0.05) is 45.9 Å². The van der Waals surface area contributed by atoms with E-state index in [0.29, 0.717) is 17.0 Å². The van der Waals surface area contributed by atoms with E-state index in [1.54, 1.807) is 0 Å². The van der Waals surface area contributed by atoms with Crippen LogP contribution in [-0.2, 0) is 8.85 Å². The van der Waals surface area contributed by atoms with Crippen LogP contribution in [0.4, 0.5) is 0 Å². The zero-order valence-corrected chi connectivity index (χ0v) is 17.3. The zero-order valence-electron chi connectivity index (χ0n) is 16.3. The van der Waals surface area contributed by atoms with Crippen LogP contribution in [0.25, 0.3) is 0 Å². The summed E-state index contributed by atoms with van der Waals surface area (Å²) in [5.41, 5.74) is 3.20. The van der Waals surface area contributed by atoms with Gasteiger partial charge in [0.25, 0.3) is 0 Å². The third-order valence-corrected chi connectivity index (χ3v) is 9.56. The van der Waals surface area contributed by atoms with Crippen LogP contribution in [0.3, 0.4) is 0 Å². The second-order valence-corrected chi connectivity index (χ2v) is 12.1. The molecular formula is C21H34O2Si. The van der Waals surface area contributed by atoms with E-state index >= 15 is 0 Å². The van der Waals surface area contributed by atoms with E-state index in [2.05, 4.69) is 66.3 Å². The van der Waals surface area contributed by atoms with Crippen LogP contribution in [0.1, 0.15) is 67.2 Å². The summed E-state index contributed by atoms with van der Waals surface area (Å²) < 4.78 is 13.4. The van der Waals surface area contributed by atoms with E-state index in [1.165, 1.54) is 17.6 Å². The monoisotopic (exact) mass is 346 g/mol. The molecule has 0 heterocycles. The fourth-order valence-corrected chi connectivity index (χ4v) is 7.00. The zero-order chi connectivity index (χ0) is 17.9. The highest BCUT2D eigenvalue weighted by molar-refractivity contribution is 6.70. The third-order valence-electron chi connectivity index (χ3n) is 5.22. The molecule has 2 aliphatic carbocycles. The van der Waals surface area contributed by atoms with Gasteiger partial charge in [-0.3, -0.25) is 0 Å². The Balaban J connectivity index is 2.33. The van der Waals surface area contributed by atoms with E-state index < -0.39 is 8.56 Å². The Hall–Kier alpha value is -1.22. The molecular weight excluding hydrogens is 312 g/mol. The van der Waals surface area contributed by atoms with Gasteiger partial charge in [0.2, 0.25) is 0 Å². The van der Waals surface area contributed by atoms with Crippen molar-refractivity contribution in [3.8, 4) is 0 Å². The Kier molecular flexibility index (Phi) is 6.19. The molecule has 3 heteroatoms. The van der Waals surface area contributed by atoms with Crippen LogP contribution in [-0.4, -0.2) is 8.56 Å². The van der Waals surface area contributed by atoms with Gasteiger partial charge in [-0.25, -0.2) is 0 Å².